The second kappa shape index (κ2) is 7.38. The number of aromatic nitrogens is 5. The third-order valence-electron chi connectivity index (χ3n) is 7.37. The van der Waals surface area contributed by atoms with Crippen LogP contribution in [0, 0.1) is 6.92 Å². The summed E-state index contributed by atoms with van der Waals surface area (Å²) in [5.41, 5.74) is 7.26. The van der Waals surface area contributed by atoms with Gasteiger partial charge in [-0.15, -0.1) is 0 Å². The molecule has 0 bridgehead atoms. The van der Waals surface area contributed by atoms with Gasteiger partial charge in [0.2, 0.25) is 0 Å². The number of amides is 1. The van der Waals surface area contributed by atoms with Gasteiger partial charge in [0, 0.05) is 42.7 Å². The van der Waals surface area contributed by atoms with Gasteiger partial charge in [0.15, 0.2) is 5.82 Å². The Hall–Kier alpha value is -3.74. The fourth-order valence-electron chi connectivity index (χ4n) is 5.38. The number of carbonyl (C=O) groups excluding carboxylic acids is 1. The largest absolute Gasteiger partial charge is 0.327 e. The van der Waals surface area contributed by atoms with E-state index in [9.17, 15) is 4.79 Å². The van der Waals surface area contributed by atoms with Crippen molar-refractivity contribution >= 4 is 11.7 Å². The molecular formula is C27H26N6O. The minimum atomic E-state index is 0.00280. The van der Waals surface area contributed by atoms with E-state index in [0.29, 0.717) is 18.3 Å². The van der Waals surface area contributed by atoms with E-state index in [1.807, 2.05) is 41.7 Å². The van der Waals surface area contributed by atoms with E-state index in [0.717, 1.165) is 65.4 Å². The highest BCUT2D eigenvalue weighted by Crippen LogP contribution is 2.39. The third kappa shape index (κ3) is 3.10. The molecule has 7 rings (SSSR count). The minimum Gasteiger partial charge on any atom is -0.327 e. The van der Waals surface area contributed by atoms with Crippen LogP contribution in [0.15, 0.2) is 49.1 Å². The fourth-order valence-corrected chi connectivity index (χ4v) is 5.38. The predicted molar refractivity (Wildman–Crippen MR) is 129 cm³/mol. The maximum absolute atomic E-state index is 13.7. The van der Waals surface area contributed by atoms with Gasteiger partial charge in [0.1, 0.15) is 11.5 Å². The zero-order chi connectivity index (χ0) is 22.8. The molecule has 2 aliphatic heterocycles. The van der Waals surface area contributed by atoms with E-state index in [2.05, 4.69) is 38.3 Å². The zero-order valence-corrected chi connectivity index (χ0v) is 19.2. The van der Waals surface area contributed by atoms with Gasteiger partial charge in [-0.25, -0.2) is 15.0 Å². The number of hydrogen-bond donors (Lipinski definition) is 0. The quantitative estimate of drug-likeness (QED) is 0.460. The first-order valence-corrected chi connectivity index (χ1v) is 12.2. The van der Waals surface area contributed by atoms with Gasteiger partial charge < -0.3 is 9.13 Å². The number of carbonyl (C=O) groups is 1. The van der Waals surface area contributed by atoms with Crippen molar-refractivity contribution in [2.45, 2.75) is 51.5 Å². The van der Waals surface area contributed by atoms with Crippen molar-refractivity contribution in [3.8, 4) is 17.2 Å². The molecule has 34 heavy (non-hydrogen) atoms. The monoisotopic (exact) mass is 450 g/mol. The van der Waals surface area contributed by atoms with Crippen LogP contribution >= 0.6 is 0 Å². The molecule has 0 atom stereocenters. The van der Waals surface area contributed by atoms with Crippen molar-refractivity contribution in [3.63, 3.8) is 0 Å². The van der Waals surface area contributed by atoms with Crippen molar-refractivity contribution in [1.29, 1.82) is 0 Å². The number of imidazole rings is 2. The Kier molecular flexibility index (Phi) is 4.28. The molecule has 3 aromatic heterocycles. The summed E-state index contributed by atoms with van der Waals surface area (Å²) in [6, 6.07) is 10.1. The molecule has 5 heterocycles. The normalized spacial score (nSPS) is 17.2. The van der Waals surface area contributed by atoms with Crippen molar-refractivity contribution in [1.82, 2.24) is 24.1 Å². The van der Waals surface area contributed by atoms with E-state index in [1.165, 1.54) is 18.5 Å². The van der Waals surface area contributed by atoms with Crippen LogP contribution < -0.4 is 4.90 Å². The standard InChI is InChI=1S/C27H26N6O/c1-17-12-19-9-11-33(25-6-2-5-22(30-25)26-28-14-20-4-3-10-32(20)26)27(34)21(19)13-24(17)31-15-23(29-16-31)18-7-8-18/h2,5-6,12-16,18H,3-4,7-11H2,1H3. The summed E-state index contributed by atoms with van der Waals surface area (Å²) < 4.78 is 4.31. The predicted octanol–water partition coefficient (Wildman–Crippen LogP) is 4.47. The van der Waals surface area contributed by atoms with E-state index in [4.69, 9.17) is 4.98 Å². The van der Waals surface area contributed by atoms with E-state index >= 15 is 0 Å². The summed E-state index contributed by atoms with van der Waals surface area (Å²) in [5.74, 6) is 2.18. The summed E-state index contributed by atoms with van der Waals surface area (Å²) in [6.45, 7) is 3.71. The van der Waals surface area contributed by atoms with Crippen LogP contribution in [-0.2, 0) is 19.4 Å². The van der Waals surface area contributed by atoms with E-state index < -0.39 is 0 Å². The van der Waals surface area contributed by atoms with Gasteiger partial charge in [-0.2, -0.15) is 0 Å². The van der Waals surface area contributed by atoms with Crippen LogP contribution in [0.2, 0.25) is 0 Å². The average Bonchev–Trinajstić information content (AvgIpc) is 3.22. The maximum atomic E-state index is 13.7. The summed E-state index contributed by atoms with van der Waals surface area (Å²) >= 11 is 0. The summed E-state index contributed by atoms with van der Waals surface area (Å²) in [4.78, 5) is 29.6. The van der Waals surface area contributed by atoms with Gasteiger partial charge in [0.25, 0.3) is 5.91 Å². The molecule has 1 aromatic carbocycles. The first-order valence-electron chi connectivity index (χ1n) is 12.2. The number of anilines is 1. The number of fused-ring (bicyclic) bond motifs is 2. The summed E-state index contributed by atoms with van der Waals surface area (Å²) in [7, 11) is 0. The highest BCUT2D eigenvalue weighted by Gasteiger charge is 2.29. The van der Waals surface area contributed by atoms with Crippen LogP contribution in [0.4, 0.5) is 5.82 Å². The lowest BCUT2D eigenvalue weighted by Crippen LogP contribution is -2.38. The molecule has 0 unspecified atom stereocenters. The number of nitrogens with zero attached hydrogens (tertiary/aromatic N) is 6. The molecule has 1 fully saturated rings. The van der Waals surface area contributed by atoms with Crippen LogP contribution in [0.1, 0.15) is 58.1 Å². The Labute approximate surface area is 198 Å². The number of pyridine rings is 1. The van der Waals surface area contributed by atoms with Gasteiger partial charge in [0.05, 0.1) is 17.7 Å². The number of rotatable bonds is 4. The van der Waals surface area contributed by atoms with E-state index in [-0.39, 0.29) is 5.91 Å². The Morgan fingerprint density at radius 3 is 2.85 bits per heavy atom. The second-order valence-electron chi connectivity index (χ2n) is 9.69. The number of hydrogen-bond acceptors (Lipinski definition) is 4. The molecule has 0 saturated heterocycles. The molecule has 0 radical (unpaired) electrons. The first-order chi connectivity index (χ1) is 16.7. The molecular weight excluding hydrogens is 424 g/mol. The lowest BCUT2D eigenvalue weighted by molar-refractivity contribution is 0.0980. The number of benzene rings is 1. The van der Waals surface area contributed by atoms with Gasteiger partial charge in [-0.05, 0) is 68.4 Å². The average molecular weight is 451 g/mol. The van der Waals surface area contributed by atoms with Crippen LogP contribution in [0.5, 0.6) is 0 Å². The second-order valence-corrected chi connectivity index (χ2v) is 9.69. The topological polar surface area (TPSA) is 68.8 Å². The Balaban J connectivity index is 1.23. The van der Waals surface area contributed by atoms with E-state index in [1.54, 1.807) is 0 Å². The van der Waals surface area contributed by atoms with Gasteiger partial charge in [-0.3, -0.25) is 9.69 Å². The van der Waals surface area contributed by atoms with Crippen LogP contribution in [0.25, 0.3) is 17.2 Å². The SMILES string of the molecule is Cc1cc2c(cc1-n1cnc(C3CC3)c1)C(=O)N(c1cccc(-c3ncc4n3CCC4)n1)CC2. The Bertz CT molecular complexity index is 1440. The van der Waals surface area contributed by atoms with Crippen molar-refractivity contribution in [3.05, 3.63) is 77.1 Å². The molecule has 0 N–H and O–H groups in total. The molecule has 1 aliphatic carbocycles. The summed E-state index contributed by atoms with van der Waals surface area (Å²) in [6.07, 6.45) is 11.4. The smallest absolute Gasteiger partial charge is 0.259 e. The maximum Gasteiger partial charge on any atom is 0.259 e. The molecule has 1 saturated carbocycles. The lowest BCUT2D eigenvalue weighted by Gasteiger charge is -2.29. The van der Waals surface area contributed by atoms with Crippen LogP contribution in [0.3, 0.4) is 0 Å². The Morgan fingerprint density at radius 2 is 1.97 bits per heavy atom. The zero-order valence-electron chi connectivity index (χ0n) is 19.2. The first kappa shape index (κ1) is 19.7. The van der Waals surface area contributed by atoms with Crippen molar-refractivity contribution < 1.29 is 4.79 Å². The fraction of sp³-hybridized carbons (Fsp3) is 0.333. The summed E-state index contributed by atoms with van der Waals surface area (Å²) in [5, 5.41) is 0. The molecule has 7 nitrogen and oxygen atoms in total. The third-order valence-corrected chi connectivity index (χ3v) is 7.37. The molecule has 7 heteroatoms. The van der Waals surface area contributed by atoms with Crippen molar-refractivity contribution in [2.24, 2.45) is 0 Å². The van der Waals surface area contributed by atoms with Crippen molar-refractivity contribution in [2.75, 3.05) is 11.4 Å². The van der Waals surface area contributed by atoms with Crippen LogP contribution in [-0.4, -0.2) is 36.5 Å². The lowest BCUT2D eigenvalue weighted by atomic mass is 9.95. The highest BCUT2D eigenvalue weighted by atomic mass is 16.2. The molecule has 3 aliphatic rings. The minimum absolute atomic E-state index is 0.00280. The number of aryl methyl sites for hydroxylation is 2. The molecule has 170 valence electrons. The van der Waals surface area contributed by atoms with Gasteiger partial charge in [-0.1, -0.05) is 12.1 Å². The molecule has 4 aromatic rings. The Morgan fingerprint density at radius 1 is 1.06 bits per heavy atom. The molecule has 1 amide bonds. The molecule has 0 spiro atoms. The van der Waals surface area contributed by atoms with Gasteiger partial charge >= 0.3 is 0 Å². The highest BCUT2D eigenvalue weighted by molar-refractivity contribution is 6.08.